The third kappa shape index (κ3) is 2.54. The van der Waals surface area contributed by atoms with Gasteiger partial charge < -0.3 is 10.5 Å². The van der Waals surface area contributed by atoms with Gasteiger partial charge in [0, 0.05) is 25.7 Å². The number of rotatable bonds is 3. The van der Waals surface area contributed by atoms with Crippen LogP contribution in [0.1, 0.15) is 17.5 Å². The van der Waals surface area contributed by atoms with Crippen molar-refractivity contribution in [1.29, 1.82) is 0 Å². The molecule has 0 saturated carbocycles. The SMILES string of the molecule is COc1cc(CN2CCC(N)C2)ccc1C. The first-order chi connectivity index (χ1) is 7.69. The van der Waals surface area contributed by atoms with Crippen molar-refractivity contribution in [3.8, 4) is 5.75 Å². The average Bonchev–Trinajstić information content (AvgIpc) is 2.67. The van der Waals surface area contributed by atoms with Crippen molar-refractivity contribution in [3.05, 3.63) is 29.3 Å². The molecule has 3 heteroatoms. The molecular weight excluding hydrogens is 200 g/mol. The van der Waals surface area contributed by atoms with E-state index < -0.39 is 0 Å². The summed E-state index contributed by atoms with van der Waals surface area (Å²) in [5.74, 6) is 0.973. The Hall–Kier alpha value is -1.06. The molecule has 0 amide bonds. The normalized spacial score (nSPS) is 21.3. The first-order valence-electron chi connectivity index (χ1n) is 5.80. The highest BCUT2D eigenvalue weighted by atomic mass is 16.5. The van der Waals surface area contributed by atoms with E-state index >= 15 is 0 Å². The zero-order valence-electron chi connectivity index (χ0n) is 10.1. The second kappa shape index (κ2) is 4.85. The predicted octanol–water partition coefficient (Wildman–Crippen LogP) is 1.54. The standard InChI is InChI=1S/C13H20N2O/c1-10-3-4-11(7-13(10)16-2)8-15-6-5-12(14)9-15/h3-4,7,12H,5-6,8-9,14H2,1-2H3. The topological polar surface area (TPSA) is 38.5 Å². The van der Waals surface area contributed by atoms with Crippen LogP contribution in [0.25, 0.3) is 0 Å². The Morgan fingerprint density at radius 3 is 2.94 bits per heavy atom. The maximum absolute atomic E-state index is 5.89. The molecule has 88 valence electrons. The Kier molecular flexibility index (Phi) is 3.46. The second-order valence-corrected chi connectivity index (χ2v) is 4.59. The summed E-state index contributed by atoms with van der Waals surface area (Å²) in [5, 5.41) is 0. The van der Waals surface area contributed by atoms with Crippen LogP contribution in [0.4, 0.5) is 0 Å². The van der Waals surface area contributed by atoms with Crippen molar-refractivity contribution in [2.75, 3.05) is 20.2 Å². The lowest BCUT2D eigenvalue weighted by Crippen LogP contribution is -2.26. The van der Waals surface area contributed by atoms with Gasteiger partial charge in [0.1, 0.15) is 5.75 Å². The molecule has 3 nitrogen and oxygen atoms in total. The highest BCUT2D eigenvalue weighted by Gasteiger charge is 2.18. The van der Waals surface area contributed by atoms with Gasteiger partial charge in [0.05, 0.1) is 7.11 Å². The van der Waals surface area contributed by atoms with Crippen molar-refractivity contribution in [2.24, 2.45) is 5.73 Å². The lowest BCUT2D eigenvalue weighted by atomic mass is 10.1. The fourth-order valence-electron chi connectivity index (χ4n) is 2.23. The highest BCUT2D eigenvalue weighted by Crippen LogP contribution is 2.21. The van der Waals surface area contributed by atoms with Crippen molar-refractivity contribution < 1.29 is 4.74 Å². The summed E-state index contributed by atoms with van der Waals surface area (Å²) in [5.41, 5.74) is 8.38. The van der Waals surface area contributed by atoms with Crippen LogP contribution in [0.2, 0.25) is 0 Å². The quantitative estimate of drug-likeness (QED) is 0.839. The lowest BCUT2D eigenvalue weighted by molar-refractivity contribution is 0.326. The number of methoxy groups -OCH3 is 1. The smallest absolute Gasteiger partial charge is 0.122 e. The molecule has 0 aliphatic carbocycles. The van der Waals surface area contributed by atoms with E-state index in [-0.39, 0.29) is 0 Å². The third-order valence-electron chi connectivity index (χ3n) is 3.19. The highest BCUT2D eigenvalue weighted by molar-refractivity contribution is 5.36. The molecule has 1 fully saturated rings. The molecule has 2 rings (SSSR count). The van der Waals surface area contributed by atoms with Gasteiger partial charge in [0.25, 0.3) is 0 Å². The van der Waals surface area contributed by atoms with E-state index in [1.807, 2.05) is 0 Å². The van der Waals surface area contributed by atoms with Gasteiger partial charge in [-0.1, -0.05) is 12.1 Å². The zero-order chi connectivity index (χ0) is 11.5. The van der Waals surface area contributed by atoms with Crippen LogP contribution in [0.15, 0.2) is 18.2 Å². The number of ether oxygens (including phenoxy) is 1. The molecule has 1 aromatic carbocycles. The van der Waals surface area contributed by atoms with Gasteiger partial charge in [-0.05, 0) is 30.5 Å². The Morgan fingerprint density at radius 1 is 1.50 bits per heavy atom. The Labute approximate surface area is 97.2 Å². The summed E-state index contributed by atoms with van der Waals surface area (Å²) in [7, 11) is 1.72. The Morgan fingerprint density at radius 2 is 2.31 bits per heavy atom. The van der Waals surface area contributed by atoms with E-state index in [1.54, 1.807) is 7.11 Å². The minimum absolute atomic E-state index is 0.354. The molecular formula is C13H20N2O. The Bertz CT molecular complexity index is 365. The van der Waals surface area contributed by atoms with E-state index in [9.17, 15) is 0 Å². The van der Waals surface area contributed by atoms with Gasteiger partial charge in [-0.25, -0.2) is 0 Å². The second-order valence-electron chi connectivity index (χ2n) is 4.59. The van der Waals surface area contributed by atoms with Gasteiger partial charge >= 0.3 is 0 Å². The van der Waals surface area contributed by atoms with Gasteiger partial charge in [0.2, 0.25) is 0 Å². The van der Waals surface area contributed by atoms with Crippen LogP contribution in [0.5, 0.6) is 5.75 Å². The minimum atomic E-state index is 0.354. The van der Waals surface area contributed by atoms with Gasteiger partial charge in [-0.15, -0.1) is 0 Å². The molecule has 1 unspecified atom stereocenters. The summed E-state index contributed by atoms with van der Waals surface area (Å²) in [6.45, 7) is 5.16. The van der Waals surface area contributed by atoms with Gasteiger partial charge in [-0.3, -0.25) is 4.90 Å². The molecule has 1 atom stereocenters. The number of nitrogens with two attached hydrogens (primary N) is 1. The van der Waals surface area contributed by atoms with Crippen LogP contribution in [0, 0.1) is 6.92 Å². The maximum atomic E-state index is 5.89. The largest absolute Gasteiger partial charge is 0.496 e. The number of nitrogens with zero attached hydrogens (tertiary/aromatic N) is 1. The molecule has 0 aromatic heterocycles. The van der Waals surface area contributed by atoms with Crippen LogP contribution < -0.4 is 10.5 Å². The van der Waals surface area contributed by atoms with Crippen molar-refractivity contribution in [3.63, 3.8) is 0 Å². The number of hydrogen-bond donors (Lipinski definition) is 1. The number of benzene rings is 1. The van der Waals surface area contributed by atoms with E-state index in [2.05, 4.69) is 30.0 Å². The van der Waals surface area contributed by atoms with E-state index in [0.29, 0.717) is 6.04 Å². The predicted molar refractivity (Wildman–Crippen MR) is 65.6 cm³/mol. The lowest BCUT2D eigenvalue weighted by Gasteiger charge is -2.16. The van der Waals surface area contributed by atoms with Crippen LogP contribution >= 0.6 is 0 Å². The average molecular weight is 220 g/mol. The molecule has 0 spiro atoms. The van der Waals surface area contributed by atoms with E-state index in [4.69, 9.17) is 10.5 Å². The molecule has 0 bridgehead atoms. The fourth-order valence-corrected chi connectivity index (χ4v) is 2.23. The minimum Gasteiger partial charge on any atom is -0.496 e. The molecule has 16 heavy (non-hydrogen) atoms. The van der Waals surface area contributed by atoms with Crippen molar-refractivity contribution in [1.82, 2.24) is 4.90 Å². The van der Waals surface area contributed by atoms with Crippen LogP contribution in [-0.4, -0.2) is 31.1 Å². The van der Waals surface area contributed by atoms with Gasteiger partial charge in [-0.2, -0.15) is 0 Å². The number of likely N-dealkylation sites (tertiary alicyclic amines) is 1. The van der Waals surface area contributed by atoms with E-state index in [1.165, 1.54) is 11.1 Å². The van der Waals surface area contributed by atoms with Crippen molar-refractivity contribution in [2.45, 2.75) is 25.9 Å². The first-order valence-corrected chi connectivity index (χ1v) is 5.80. The molecule has 1 saturated heterocycles. The number of aryl methyl sites for hydroxylation is 1. The molecule has 1 aliphatic heterocycles. The van der Waals surface area contributed by atoms with Gasteiger partial charge in [0.15, 0.2) is 0 Å². The van der Waals surface area contributed by atoms with Crippen LogP contribution in [0.3, 0.4) is 0 Å². The Balaban J connectivity index is 2.04. The molecule has 2 N–H and O–H groups in total. The third-order valence-corrected chi connectivity index (χ3v) is 3.19. The number of hydrogen-bond acceptors (Lipinski definition) is 3. The van der Waals surface area contributed by atoms with E-state index in [0.717, 1.165) is 31.8 Å². The summed E-state index contributed by atoms with van der Waals surface area (Å²) >= 11 is 0. The maximum Gasteiger partial charge on any atom is 0.122 e. The fraction of sp³-hybridized carbons (Fsp3) is 0.538. The molecule has 1 aromatic rings. The van der Waals surface area contributed by atoms with Crippen molar-refractivity contribution >= 4 is 0 Å². The zero-order valence-corrected chi connectivity index (χ0v) is 10.1. The summed E-state index contributed by atoms with van der Waals surface area (Å²) in [6, 6.07) is 6.76. The molecule has 1 heterocycles. The molecule has 0 radical (unpaired) electrons. The summed E-state index contributed by atoms with van der Waals surface area (Å²) in [4.78, 5) is 2.40. The monoisotopic (exact) mass is 220 g/mol. The summed E-state index contributed by atoms with van der Waals surface area (Å²) < 4.78 is 5.33. The molecule has 1 aliphatic rings. The summed E-state index contributed by atoms with van der Waals surface area (Å²) in [6.07, 6.45) is 1.11. The first kappa shape index (κ1) is 11.4. The van der Waals surface area contributed by atoms with Crippen LogP contribution in [-0.2, 0) is 6.54 Å².